The summed E-state index contributed by atoms with van der Waals surface area (Å²) in [5, 5.41) is 3.20. The number of terminal acetylenes is 1. The topological polar surface area (TPSA) is 15.3 Å². The van der Waals surface area contributed by atoms with E-state index in [1.165, 1.54) is 0 Å². The first-order chi connectivity index (χ1) is 5.31. The van der Waals surface area contributed by atoms with E-state index in [-0.39, 0.29) is 0 Å². The molecule has 0 aromatic rings. The van der Waals surface area contributed by atoms with Crippen molar-refractivity contribution >= 4 is 0 Å². The fraction of sp³-hybridized carbons (Fsp3) is 0.556. The normalized spacial score (nSPS) is 9.55. The molecular weight excluding hydrogens is 136 g/mol. The van der Waals surface area contributed by atoms with Crippen molar-refractivity contribution in [2.45, 2.75) is 0 Å². The minimum atomic E-state index is 0.718. The van der Waals surface area contributed by atoms with Gasteiger partial charge in [0, 0.05) is 19.6 Å². The number of nitrogens with zero attached hydrogens (tertiary/aromatic N) is 1. The Morgan fingerprint density at radius 1 is 1.73 bits per heavy atom. The quantitative estimate of drug-likeness (QED) is 0.335. The Morgan fingerprint density at radius 3 is 3.00 bits per heavy atom. The van der Waals surface area contributed by atoms with E-state index < -0.39 is 0 Å². The Balaban J connectivity index is 3.11. The summed E-state index contributed by atoms with van der Waals surface area (Å²) < 4.78 is 0. The molecule has 0 aliphatic rings. The number of likely N-dealkylation sites (N-methyl/N-ethyl adjacent to an activating group) is 1. The van der Waals surface area contributed by atoms with Gasteiger partial charge in [-0.3, -0.25) is 4.90 Å². The zero-order chi connectivity index (χ0) is 8.53. The third-order valence-electron chi connectivity index (χ3n) is 1.32. The molecule has 1 N–H and O–H groups in total. The number of hydrogen-bond acceptors (Lipinski definition) is 2. The van der Waals surface area contributed by atoms with Gasteiger partial charge in [-0.15, -0.1) is 13.0 Å². The summed E-state index contributed by atoms with van der Waals surface area (Å²) in [4.78, 5) is 2.09. The van der Waals surface area contributed by atoms with Gasteiger partial charge in [-0.1, -0.05) is 12.0 Å². The Hall–Kier alpha value is -0.780. The molecular formula is C9H16N2. The van der Waals surface area contributed by atoms with Crippen LogP contribution in [-0.2, 0) is 0 Å². The summed E-state index contributed by atoms with van der Waals surface area (Å²) in [6.45, 7) is 7.13. The highest BCUT2D eigenvalue weighted by atomic mass is 15.1. The van der Waals surface area contributed by atoms with E-state index in [0.717, 1.165) is 26.2 Å². The Labute approximate surface area is 69.3 Å². The number of nitrogens with one attached hydrogen (secondary N) is 1. The minimum Gasteiger partial charge on any atom is -0.312 e. The molecule has 0 heterocycles. The van der Waals surface area contributed by atoms with Crippen molar-refractivity contribution in [2.75, 3.05) is 33.2 Å². The summed E-state index contributed by atoms with van der Waals surface area (Å²) in [7, 11) is 2.01. The van der Waals surface area contributed by atoms with Gasteiger partial charge in [0.05, 0.1) is 6.54 Å². The summed E-state index contributed by atoms with van der Waals surface area (Å²) in [5.41, 5.74) is 0. The van der Waals surface area contributed by atoms with Crippen molar-refractivity contribution < 1.29 is 0 Å². The van der Waals surface area contributed by atoms with Crippen LogP contribution in [0, 0.1) is 12.3 Å². The minimum absolute atomic E-state index is 0.718. The molecule has 0 bridgehead atoms. The molecule has 0 aliphatic heterocycles. The van der Waals surface area contributed by atoms with E-state index in [0.29, 0.717) is 0 Å². The molecule has 0 radical (unpaired) electrons. The van der Waals surface area contributed by atoms with Crippen molar-refractivity contribution in [3.05, 3.63) is 12.7 Å². The fourth-order valence-electron chi connectivity index (χ4n) is 0.709. The van der Waals surface area contributed by atoms with Crippen LogP contribution in [0.5, 0.6) is 0 Å². The summed E-state index contributed by atoms with van der Waals surface area (Å²) >= 11 is 0. The van der Waals surface area contributed by atoms with Crippen LogP contribution in [-0.4, -0.2) is 38.1 Å². The Bertz CT molecular complexity index is 135. The summed E-state index contributed by atoms with van der Waals surface area (Å²) in [5.74, 6) is 2.59. The van der Waals surface area contributed by atoms with E-state index in [2.05, 4.69) is 22.7 Å². The highest BCUT2D eigenvalue weighted by Gasteiger charge is 1.92. The highest BCUT2D eigenvalue weighted by molar-refractivity contribution is 4.87. The smallest absolute Gasteiger partial charge is 0.0596 e. The van der Waals surface area contributed by atoms with Gasteiger partial charge >= 0.3 is 0 Å². The molecule has 0 aromatic carbocycles. The van der Waals surface area contributed by atoms with Crippen molar-refractivity contribution in [3.63, 3.8) is 0 Å². The molecule has 2 heteroatoms. The molecule has 2 nitrogen and oxygen atoms in total. The van der Waals surface area contributed by atoms with E-state index in [1.54, 1.807) is 0 Å². The third-order valence-corrected chi connectivity index (χ3v) is 1.32. The average Bonchev–Trinajstić information content (AvgIpc) is 1.99. The molecule has 0 saturated heterocycles. The molecule has 11 heavy (non-hydrogen) atoms. The second kappa shape index (κ2) is 7.33. The predicted molar refractivity (Wildman–Crippen MR) is 49.4 cm³/mol. The van der Waals surface area contributed by atoms with Crippen LogP contribution in [0.2, 0.25) is 0 Å². The first-order valence-electron chi connectivity index (χ1n) is 3.75. The second-order valence-corrected chi connectivity index (χ2v) is 2.43. The van der Waals surface area contributed by atoms with Crippen LogP contribution in [0.1, 0.15) is 0 Å². The van der Waals surface area contributed by atoms with Gasteiger partial charge in [0.15, 0.2) is 0 Å². The monoisotopic (exact) mass is 152 g/mol. The van der Waals surface area contributed by atoms with Gasteiger partial charge in [-0.2, -0.15) is 0 Å². The van der Waals surface area contributed by atoms with Gasteiger partial charge in [-0.25, -0.2) is 0 Å². The van der Waals surface area contributed by atoms with Crippen LogP contribution in [0.4, 0.5) is 0 Å². The van der Waals surface area contributed by atoms with Crippen LogP contribution in [0.25, 0.3) is 0 Å². The fourth-order valence-corrected chi connectivity index (χ4v) is 0.709. The van der Waals surface area contributed by atoms with E-state index >= 15 is 0 Å². The molecule has 0 aliphatic carbocycles. The first-order valence-corrected chi connectivity index (χ1v) is 3.75. The van der Waals surface area contributed by atoms with E-state index in [1.807, 2.05) is 13.1 Å². The molecule has 0 rings (SSSR count). The SMILES string of the molecule is C#CCN(C)CCNCC=C. The van der Waals surface area contributed by atoms with Crippen molar-refractivity contribution in [1.82, 2.24) is 10.2 Å². The summed E-state index contributed by atoms with van der Waals surface area (Å²) in [6, 6.07) is 0. The average molecular weight is 152 g/mol. The second-order valence-electron chi connectivity index (χ2n) is 2.43. The molecule has 0 atom stereocenters. The lowest BCUT2D eigenvalue weighted by Crippen LogP contribution is -2.29. The zero-order valence-electron chi connectivity index (χ0n) is 7.14. The Morgan fingerprint density at radius 2 is 2.45 bits per heavy atom. The number of hydrogen-bond donors (Lipinski definition) is 1. The zero-order valence-corrected chi connectivity index (χ0v) is 7.14. The molecule has 0 amide bonds. The van der Waals surface area contributed by atoms with Gasteiger partial charge in [0.25, 0.3) is 0 Å². The van der Waals surface area contributed by atoms with Crippen LogP contribution in [0.3, 0.4) is 0 Å². The van der Waals surface area contributed by atoms with E-state index in [9.17, 15) is 0 Å². The molecule has 0 saturated carbocycles. The third kappa shape index (κ3) is 7.11. The maximum Gasteiger partial charge on any atom is 0.0596 e. The molecule has 0 fully saturated rings. The predicted octanol–water partition coefficient (Wildman–Crippen LogP) is 0.327. The largest absolute Gasteiger partial charge is 0.312 e. The van der Waals surface area contributed by atoms with Crippen LogP contribution < -0.4 is 5.32 Å². The lowest BCUT2D eigenvalue weighted by molar-refractivity contribution is 0.373. The van der Waals surface area contributed by atoms with Crippen molar-refractivity contribution in [1.29, 1.82) is 0 Å². The van der Waals surface area contributed by atoms with Gasteiger partial charge < -0.3 is 5.32 Å². The molecule has 0 spiro atoms. The first kappa shape index (κ1) is 10.2. The van der Waals surface area contributed by atoms with Crippen molar-refractivity contribution in [3.8, 4) is 12.3 Å². The lowest BCUT2D eigenvalue weighted by atomic mass is 10.5. The van der Waals surface area contributed by atoms with Crippen LogP contribution in [0.15, 0.2) is 12.7 Å². The van der Waals surface area contributed by atoms with Crippen molar-refractivity contribution in [2.24, 2.45) is 0 Å². The summed E-state index contributed by atoms with van der Waals surface area (Å²) in [6.07, 6.45) is 6.98. The molecule has 0 aromatic heterocycles. The van der Waals surface area contributed by atoms with Crippen LogP contribution >= 0.6 is 0 Å². The van der Waals surface area contributed by atoms with Gasteiger partial charge in [0.2, 0.25) is 0 Å². The Kier molecular flexibility index (Phi) is 6.81. The van der Waals surface area contributed by atoms with E-state index in [4.69, 9.17) is 6.42 Å². The standard InChI is InChI=1S/C9H16N2/c1-4-6-10-7-9-11(3)8-5-2/h2,4,10H,1,6-9H2,3H3. The highest BCUT2D eigenvalue weighted by Crippen LogP contribution is 1.77. The molecule has 62 valence electrons. The maximum atomic E-state index is 5.13. The number of rotatable bonds is 6. The van der Waals surface area contributed by atoms with Gasteiger partial charge in [0.1, 0.15) is 0 Å². The maximum absolute atomic E-state index is 5.13. The molecule has 0 unspecified atom stereocenters. The van der Waals surface area contributed by atoms with Gasteiger partial charge in [-0.05, 0) is 7.05 Å². The lowest BCUT2D eigenvalue weighted by Gasteiger charge is -2.12.